The number of esters is 1. The van der Waals surface area contributed by atoms with Crippen molar-refractivity contribution in [2.24, 2.45) is 0 Å². The molecule has 0 aliphatic carbocycles. The summed E-state index contributed by atoms with van der Waals surface area (Å²) in [6, 6.07) is 16.6. The molecule has 34 heavy (non-hydrogen) atoms. The number of aromatic nitrogens is 1. The van der Waals surface area contributed by atoms with Crippen LogP contribution >= 0.6 is 0 Å². The molecular formula is C25H20FN3O5. The minimum absolute atomic E-state index is 0.252. The van der Waals surface area contributed by atoms with Crippen LogP contribution in [0.1, 0.15) is 10.4 Å². The minimum atomic E-state index is -0.539. The second-order valence-electron chi connectivity index (χ2n) is 7.08. The number of benzene rings is 3. The number of ether oxygens (including phenoxy) is 3. The number of amides is 2. The number of urea groups is 1. The van der Waals surface area contributed by atoms with Gasteiger partial charge in [0.2, 0.25) is 0 Å². The third kappa shape index (κ3) is 5.04. The summed E-state index contributed by atoms with van der Waals surface area (Å²) in [5.41, 5.74) is 1.83. The van der Waals surface area contributed by atoms with Crippen LogP contribution in [-0.2, 0) is 4.74 Å². The molecule has 9 heteroatoms. The van der Waals surface area contributed by atoms with Crippen molar-refractivity contribution in [2.45, 2.75) is 0 Å². The number of methoxy groups -OCH3 is 2. The number of carbonyl (C=O) groups is 2. The number of hydrogen-bond donors (Lipinski definition) is 2. The van der Waals surface area contributed by atoms with Crippen molar-refractivity contribution in [2.75, 3.05) is 24.9 Å². The van der Waals surface area contributed by atoms with Gasteiger partial charge in [-0.3, -0.25) is 4.98 Å². The van der Waals surface area contributed by atoms with E-state index in [-0.39, 0.29) is 11.4 Å². The van der Waals surface area contributed by atoms with E-state index in [4.69, 9.17) is 14.2 Å². The lowest BCUT2D eigenvalue weighted by molar-refractivity contribution is 0.0597. The largest absolute Gasteiger partial charge is 0.496 e. The van der Waals surface area contributed by atoms with Gasteiger partial charge in [0, 0.05) is 29.0 Å². The van der Waals surface area contributed by atoms with E-state index in [1.165, 1.54) is 38.5 Å². The van der Waals surface area contributed by atoms with Crippen molar-refractivity contribution < 1.29 is 28.2 Å². The van der Waals surface area contributed by atoms with E-state index in [1.54, 1.807) is 48.7 Å². The molecule has 2 amide bonds. The summed E-state index contributed by atoms with van der Waals surface area (Å²) in [4.78, 5) is 28.6. The second kappa shape index (κ2) is 9.86. The number of nitrogens with one attached hydrogen (secondary N) is 2. The molecule has 4 aromatic rings. The Hall–Kier alpha value is -4.66. The van der Waals surface area contributed by atoms with E-state index in [0.29, 0.717) is 39.5 Å². The van der Waals surface area contributed by atoms with E-state index in [1.807, 2.05) is 0 Å². The Morgan fingerprint density at radius 3 is 2.12 bits per heavy atom. The van der Waals surface area contributed by atoms with Crippen LogP contribution in [0, 0.1) is 5.82 Å². The molecule has 0 saturated carbocycles. The molecule has 0 spiro atoms. The van der Waals surface area contributed by atoms with Crippen molar-refractivity contribution in [3.63, 3.8) is 0 Å². The molecule has 3 aromatic carbocycles. The summed E-state index contributed by atoms with van der Waals surface area (Å²) in [7, 11) is 2.76. The molecular weight excluding hydrogens is 441 g/mol. The fraction of sp³-hybridized carbons (Fsp3) is 0.0800. The fourth-order valence-electron chi connectivity index (χ4n) is 3.24. The number of rotatable bonds is 6. The van der Waals surface area contributed by atoms with Gasteiger partial charge in [-0.25, -0.2) is 14.0 Å². The van der Waals surface area contributed by atoms with E-state index >= 15 is 0 Å². The van der Waals surface area contributed by atoms with Gasteiger partial charge in [-0.2, -0.15) is 0 Å². The molecule has 0 radical (unpaired) electrons. The fourth-order valence-corrected chi connectivity index (χ4v) is 3.24. The highest BCUT2D eigenvalue weighted by atomic mass is 19.1. The molecule has 0 saturated heterocycles. The Balaban J connectivity index is 1.50. The van der Waals surface area contributed by atoms with Gasteiger partial charge in [0.15, 0.2) is 0 Å². The zero-order valence-corrected chi connectivity index (χ0v) is 18.3. The molecule has 8 nitrogen and oxygen atoms in total. The molecule has 0 atom stereocenters. The second-order valence-corrected chi connectivity index (χ2v) is 7.08. The third-order valence-electron chi connectivity index (χ3n) is 4.87. The average molecular weight is 461 g/mol. The number of pyridine rings is 1. The number of nitrogens with zero attached hydrogens (tertiary/aromatic N) is 1. The lowest BCUT2D eigenvalue weighted by Crippen LogP contribution is -2.19. The maximum atomic E-state index is 13.0. The summed E-state index contributed by atoms with van der Waals surface area (Å²) in [5.74, 6) is 0.408. The van der Waals surface area contributed by atoms with Crippen LogP contribution in [0.25, 0.3) is 10.9 Å². The van der Waals surface area contributed by atoms with Crippen LogP contribution < -0.4 is 20.1 Å². The van der Waals surface area contributed by atoms with Crippen LogP contribution in [0.4, 0.5) is 20.6 Å². The number of carbonyl (C=O) groups excluding carboxylic acids is 2. The summed E-state index contributed by atoms with van der Waals surface area (Å²) >= 11 is 0. The van der Waals surface area contributed by atoms with Gasteiger partial charge in [-0.1, -0.05) is 0 Å². The van der Waals surface area contributed by atoms with Crippen molar-refractivity contribution >= 4 is 34.3 Å². The lowest BCUT2D eigenvalue weighted by Gasteiger charge is -2.13. The Kier molecular flexibility index (Phi) is 6.54. The quantitative estimate of drug-likeness (QED) is 0.363. The highest BCUT2D eigenvalue weighted by Gasteiger charge is 2.17. The van der Waals surface area contributed by atoms with Gasteiger partial charge in [-0.05, 0) is 60.7 Å². The first-order chi connectivity index (χ1) is 16.5. The SMILES string of the molecule is COC(=O)c1cc2c(Oc3ccc(NC(=O)Nc4ccc(F)cc4)cc3)ccnc2cc1OC. The van der Waals surface area contributed by atoms with E-state index in [9.17, 15) is 14.0 Å². The van der Waals surface area contributed by atoms with Gasteiger partial charge in [0.1, 0.15) is 28.6 Å². The standard InChI is InChI=1S/C25H20FN3O5/c1-32-23-14-21-19(13-20(23)24(30)33-2)22(11-12-27-21)34-18-9-7-17(8-10-18)29-25(31)28-16-5-3-15(26)4-6-16/h3-14H,1-2H3,(H2,28,29,31). The van der Waals surface area contributed by atoms with Crippen molar-refractivity contribution in [3.8, 4) is 17.2 Å². The van der Waals surface area contributed by atoms with Crippen molar-refractivity contribution in [1.82, 2.24) is 4.98 Å². The van der Waals surface area contributed by atoms with Gasteiger partial charge in [0.25, 0.3) is 0 Å². The Bertz CT molecular complexity index is 1340. The Morgan fingerprint density at radius 2 is 1.50 bits per heavy atom. The Labute approximate surface area is 194 Å². The smallest absolute Gasteiger partial charge is 0.341 e. The van der Waals surface area contributed by atoms with Gasteiger partial charge >= 0.3 is 12.0 Å². The summed E-state index contributed by atoms with van der Waals surface area (Å²) < 4.78 is 29.1. The first-order valence-electron chi connectivity index (χ1n) is 10.1. The molecule has 0 aliphatic rings. The predicted molar refractivity (Wildman–Crippen MR) is 125 cm³/mol. The number of anilines is 2. The molecule has 1 heterocycles. The molecule has 0 bridgehead atoms. The maximum absolute atomic E-state index is 13.0. The van der Waals surface area contributed by atoms with Crippen LogP contribution in [0.2, 0.25) is 0 Å². The molecule has 0 fully saturated rings. The van der Waals surface area contributed by atoms with Crippen LogP contribution in [-0.4, -0.2) is 31.2 Å². The summed E-state index contributed by atoms with van der Waals surface area (Å²) in [5, 5.41) is 5.91. The first kappa shape index (κ1) is 22.5. The normalized spacial score (nSPS) is 10.4. The number of halogens is 1. The minimum Gasteiger partial charge on any atom is -0.496 e. The average Bonchev–Trinajstić information content (AvgIpc) is 2.85. The Morgan fingerprint density at radius 1 is 0.853 bits per heavy atom. The van der Waals surface area contributed by atoms with Crippen LogP contribution in [0.15, 0.2) is 72.9 Å². The highest BCUT2D eigenvalue weighted by molar-refractivity contribution is 6.00. The number of hydrogen-bond acceptors (Lipinski definition) is 6. The maximum Gasteiger partial charge on any atom is 0.341 e. The zero-order chi connectivity index (χ0) is 24.1. The van der Waals surface area contributed by atoms with Crippen molar-refractivity contribution in [3.05, 3.63) is 84.3 Å². The van der Waals surface area contributed by atoms with Gasteiger partial charge < -0.3 is 24.8 Å². The third-order valence-corrected chi connectivity index (χ3v) is 4.87. The molecule has 2 N–H and O–H groups in total. The first-order valence-corrected chi connectivity index (χ1v) is 10.1. The molecule has 0 unspecified atom stereocenters. The molecule has 0 aliphatic heterocycles. The van der Waals surface area contributed by atoms with Crippen LogP contribution in [0.3, 0.4) is 0 Å². The molecule has 172 valence electrons. The lowest BCUT2D eigenvalue weighted by atomic mass is 10.1. The topological polar surface area (TPSA) is 98.8 Å². The van der Waals surface area contributed by atoms with Gasteiger partial charge in [-0.15, -0.1) is 0 Å². The number of fused-ring (bicyclic) bond motifs is 1. The molecule has 1 aromatic heterocycles. The van der Waals surface area contributed by atoms with Crippen molar-refractivity contribution in [1.29, 1.82) is 0 Å². The highest BCUT2D eigenvalue weighted by Crippen LogP contribution is 2.33. The van der Waals surface area contributed by atoms with E-state index in [0.717, 1.165) is 0 Å². The summed E-state index contributed by atoms with van der Waals surface area (Å²) in [6.45, 7) is 0. The van der Waals surface area contributed by atoms with Gasteiger partial charge in [0.05, 0.1) is 19.7 Å². The van der Waals surface area contributed by atoms with E-state index < -0.39 is 12.0 Å². The van der Waals surface area contributed by atoms with E-state index in [2.05, 4.69) is 15.6 Å². The summed E-state index contributed by atoms with van der Waals surface area (Å²) in [6.07, 6.45) is 1.59. The van der Waals surface area contributed by atoms with Crippen LogP contribution in [0.5, 0.6) is 17.2 Å². The predicted octanol–water partition coefficient (Wildman–Crippen LogP) is 5.61. The monoisotopic (exact) mass is 461 g/mol. The zero-order valence-electron chi connectivity index (χ0n) is 18.3. The molecule has 4 rings (SSSR count).